The molecule has 6 nitrogen and oxygen atoms in total. The number of hydrogen-bond donors (Lipinski definition) is 3. The monoisotopic (exact) mass is 222 g/mol. The maximum absolute atomic E-state index is 5.32. The molecule has 0 spiro atoms. The predicted molar refractivity (Wildman–Crippen MR) is 66.2 cm³/mol. The van der Waals surface area contributed by atoms with Crippen molar-refractivity contribution in [2.24, 2.45) is 21.5 Å². The molecule has 1 aromatic rings. The molecule has 1 rings (SSSR count). The quantitative estimate of drug-likeness (QED) is 0.486. The van der Waals surface area contributed by atoms with Gasteiger partial charge in [-0.25, -0.2) is 0 Å². The van der Waals surface area contributed by atoms with Gasteiger partial charge in [-0.1, -0.05) is 0 Å². The fourth-order valence-corrected chi connectivity index (χ4v) is 1.40. The molecule has 0 aliphatic heterocycles. The number of nitrogens with two attached hydrogens (primary N) is 2. The molecule has 0 atom stereocenters. The molecule has 0 aliphatic rings. The first-order valence-electron chi connectivity index (χ1n) is 4.95. The fraction of sp³-hybridized carbons (Fsp3) is 0.400. The Morgan fingerprint density at radius 1 is 1.44 bits per heavy atom. The van der Waals surface area contributed by atoms with E-state index in [1.807, 2.05) is 31.0 Å². The molecule has 0 radical (unpaired) electrons. The zero-order valence-corrected chi connectivity index (χ0v) is 9.86. The van der Waals surface area contributed by atoms with E-state index in [9.17, 15) is 0 Å². The minimum absolute atomic E-state index is 0.00937. The van der Waals surface area contributed by atoms with E-state index in [1.165, 1.54) is 0 Å². The summed E-state index contributed by atoms with van der Waals surface area (Å²) >= 11 is 0. The minimum Gasteiger partial charge on any atom is -0.370 e. The summed E-state index contributed by atoms with van der Waals surface area (Å²) in [7, 11) is 3.53. The molecule has 0 saturated heterocycles. The molecule has 0 unspecified atom stereocenters. The van der Waals surface area contributed by atoms with Crippen LogP contribution in [-0.4, -0.2) is 35.9 Å². The number of aryl methyl sites for hydroxylation is 1. The Morgan fingerprint density at radius 3 is 2.56 bits per heavy atom. The average Bonchev–Trinajstić information content (AvgIpc) is 2.60. The molecule has 16 heavy (non-hydrogen) atoms. The van der Waals surface area contributed by atoms with Gasteiger partial charge in [0.1, 0.15) is 0 Å². The third-order valence-corrected chi connectivity index (χ3v) is 2.07. The molecule has 88 valence electrons. The highest BCUT2D eigenvalue weighted by atomic mass is 15.3. The highest BCUT2D eigenvalue weighted by molar-refractivity contribution is 5.93. The third kappa shape index (κ3) is 3.30. The van der Waals surface area contributed by atoms with Gasteiger partial charge in [0.2, 0.25) is 5.96 Å². The van der Waals surface area contributed by atoms with Gasteiger partial charge in [0.05, 0.1) is 6.54 Å². The van der Waals surface area contributed by atoms with Crippen molar-refractivity contribution < 1.29 is 0 Å². The first kappa shape index (κ1) is 12.1. The van der Waals surface area contributed by atoms with Crippen molar-refractivity contribution in [2.45, 2.75) is 13.5 Å². The second kappa shape index (κ2) is 5.20. The van der Waals surface area contributed by atoms with E-state index in [0.29, 0.717) is 12.5 Å². The van der Waals surface area contributed by atoms with Gasteiger partial charge in [0, 0.05) is 25.5 Å². The van der Waals surface area contributed by atoms with E-state index in [-0.39, 0.29) is 5.96 Å². The number of aromatic amines is 1. The van der Waals surface area contributed by atoms with Crippen molar-refractivity contribution in [3.63, 3.8) is 0 Å². The van der Waals surface area contributed by atoms with Gasteiger partial charge in [-0.3, -0.25) is 4.99 Å². The van der Waals surface area contributed by atoms with E-state index in [0.717, 1.165) is 11.4 Å². The van der Waals surface area contributed by atoms with Crippen molar-refractivity contribution in [1.82, 2.24) is 9.88 Å². The average molecular weight is 222 g/mol. The first-order valence-corrected chi connectivity index (χ1v) is 4.95. The molecule has 1 aromatic heterocycles. The summed E-state index contributed by atoms with van der Waals surface area (Å²) in [5.41, 5.74) is 12.8. The lowest BCUT2D eigenvalue weighted by molar-refractivity contribution is 0.487. The van der Waals surface area contributed by atoms with Crippen LogP contribution in [0.15, 0.2) is 22.1 Å². The molecule has 1 heterocycles. The Labute approximate surface area is 95.1 Å². The molecule has 5 N–H and O–H groups in total. The van der Waals surface area contributed by atoms with Gasteiger partial charge in [-0.05, 0) is 19.1 Å². The molecular formula is C10H18N6. The lowest BCUT2D eigenvalue weighted by Crippen LogP contribution is -2.31. The second-order valence-electron chi connectivity index (χ2n) is 3.58. The fourth-order valence-electron chi connectivity index (χ4n) is 1.40. The number of aliphatic imine (C=N–C) groups is 2. The van der Waals surface area contributed by atoms with E-state index in [4.69, 9.17) is 11.5 Å². The van der Waals surface area contributed by atoms with Crippen LogP contribution in [0.1, 0.15) is 11.4 Å². The van der Waals surface area contributed by atoms with E-state index in [1.54, 1.807) is 7.05 Å². The standard InChI is InChI=1S/C10H18N6/c1-7-4-5-8(14-7)6-16(3)10(13-2)15-9(11)12/h4-5,14H,6H2,1-3H3,(H4,11,12,13,15). The van der Waals surface area contributed by atoms with Crippen molar-refractivity contribution >= 4 is 11.9 Å². The van der Waals surface area contributed by atoms with Crippen LogP contribution in [0.4, 0.5) is 0 Å². The summed E-state index contributed by atoms with van der Waals surface area (Å²) in [6, 6.07) is 4.04. The second-order valence-corrected chi connectivity index (χ2v) is 3.58. The number of nitrogens with zero attached hydrogens (tertiary/aromatic N) is 3. The Balaban J connectivity index is 2.71. The number of guanidine groups is 2. The van der Waals surface area contributed by atoms with Crippen molar-refractivity contribution in [1.29, 1.82) is 0 Å². The van der Waals surface area contributed by atoms with Crippen molar-refractivity contribution in [3.8, 4) is 0 Å². The summed E-state index contributed by atoms with van der Waals surface area (Å²) in [6.07, 6.45) is 0. The molecule has 0 bridgehead atoms. The molecule has 0 aromatic carbocycles. The number of rotatable bonds is 2. The van der Waals surface area contributed by atoms with Crippen molar-refractivity contribution in [2.75, 3.05) is 14.1 Å². The first-order chi connectivity index (χ1) is 7.52. The van der Waals surface area contributed by atoms with Crippen LogP contribution in [0.3, 0.4) is 0 Å². The largest absolute Gasteiger partial charge is 0.370 e. The summed E-state index contributed by atoms with van der Waals surface area (Å²) in [5.74, 6) is 0.516. The molecule has 6 heteroatoms. The molecule has 0 saturated carbocycles. The number of hydrogen-bond acceptors (Lipinski definition) is 1. The Morgan fingerprint density at radius 2 is 2.12 bits per heavy atom. The number of aromatic nitrogens is 1. The summed E-state index contributed by atoms with van der Waals surface area (Å²) in [4.78, 5) is 13.0. The highest BCUT2D eigenvalue weighted by Gasteiger charge is 2.06. The van der Waals surface area contributed by atoms with Crippen LogP contribution < -0.4 is 11.5 Å². The number of H-pyrrole nitrogens is 1. The normalized spacial score (nSPS) is 11.3. The molecular weight excluding hydrogens is 204 g/mol. The third-order valence-electron chi connectivity index (χ3n) is 2.07. The highest BCUT2D eigenvalue weighted by Crippen LogP contribution is 2.04. The zero-order valence-electron chi connectivity index (χ0n) is 9.86. The number of nitrogens with one attached hydrogen (secondary N) is 1. The SMILES string of the molecule is CN=C(N=C(N)N)N(C)Cc1ccc(C)[nH]1. The van der Waals surface area contributed by atoms with E-state index >= 15 is 0 Å². The molecule has 0 amide bonds. The predicted octanol–water partition coefficient (Wildman–Crippen LogP) is 0.0141. The lowest BCUT2D eigenvalue weighted by Gasteiger charge is -2.16. The van der Waals surface area contributed by atoms with Crippen LogP contribution >= 0.6 is 0 Å². The van der Waals surface area contributed by atoms with Crippen LogP contribution in [0.2, 0.25) is 0 Å². The van der Waals surface area contributed by atoms with Gasteiger partial charge in [0.15, 0.2) is 5.96 Å². The Bertz CT molecular complexity index is 399. The van der Waals surface area contributed by atoms with Gasteiger partial charge in [-0.2, -0.15) is 4.99 Å². The Kier molecular flexibility index (Phi) is 3.93. The molecule has 0 fully saturated rings. The van der Waals surface area contributed by atoms with Crippen LogP contribution in [0.25, 0.3) is 0 Å². The summed E-state index contributed by atoms with van der Waals surface area (Å²) in [6.45, 7) is 2.69. The van der Waals surface area contributed by atoms with Gasteiger partial charge in [0.25, 0.3) is 0 Å². The summed E-state index contributed by atoms with van der Waals surface area (Å²) in [5, 5.41) is 0. The Hall–Kier alpha value is -1.98. The van der Waals surface area contributed by atoms with Crippen LogP contribution in [0.5, 0.6) is 0 Å². The zero-order chi connectivity index (χ0) is 12.1. The van der Waals surface area contributed by atoms with Gasteiger partial charge < -0.3 is 21.4 Å². The topological polar surface area (TPSA) is 95.8 Å². The maximum atomic E-state index is 5.32. The molecule has 0 aliphatic carbocycles. The minimum atomic E-state index is 0.00937. The summed E-state index contributed by atoms with van der Waals surface area (Å²) < 4.78 is 0. The van der Waals surface area contributed by atoms with E-state index < -0.39 is 0 Å². The lowest BCUT2D eigenvalue weighted by atomic mass is 10.4. The smallest absolute Gasteiger partial charge is 0.223 e. The van der Waals surface area contributed by atoms with Crippen LogP contribution in [-0.2, 0) is 6.54 Å². The maximum Gasteiger partial charge on any atom is 0.223 e. The van der Waals surface area contributed by atoms with E-state index in [2.05, 4.69) is 15.0 Å². The van der Waals surface area contributed by atoms with Gasteiger partial charge in [-0.15, -0.1) is 0 Å². The van der Waals surface area contributed by atoms with Gasteiger partial charge >= 0.3 is 0 Å². The van der Waals surface area contributed by atoms with Crippen molar-refractivity contribution in [3.05, 3.63) is 23.5 Å². The van der Waals surface area contributed by atoms with Crippen LogP contribution in [0, 0.1) is 6.92 Å².